The summed E-state index contributed by atoms with van der Waals surface area (Å²) in [6.07, 6.45) is 0. The molecule has 0 heterocycles. The van der Waals surface area contributed by atoms with E-state index in [0.717, 1.165) is 0 Å². The van der Waals surface area contributed by atoms with E-state index in [9.17, 15) is 0 Å². The third-order valence-corrected chi connectivity index (χ3v) is 1.15. The zero-order chi connectivity index (χ0) is 5.15. The van der Waals surface area contributed by atoms with Crippen LogP contribution in [0.5, 0.6) is 0 Å². The molecule has 0 fully saturated rings. The molecule has 0 aromatic rings. The summed E-state index contributed by atoms with van der Waals surface area (Å²) in [6.45, 7) is 0. The van der Waals surface area contributed by atoms with Crippen molar-refractivity contribution in [3.8, 4) is 0 Å². The molecular formula is C3H9NS2Te. The maximum absolute atomic E-state index is 4.61. The Labute approximate surface area is 71.6 Å². The van der Waals surface area contributed by atoms with E-state index in [4.69, 9.17) is 0 Å². The molecule has 0 N–H and O–H groups in total. The van der Waals surface area contributed by atoms with E-state index in [1.165, 1.54) is 0 Å². The topological polar surface area (TPSA) is 3.24 Å². The van der Waals surface area contributed by atoms with Crippen LogP contribution in [0.1, 0.15) is 0 Å². The zero-order valence-electron chi connectivity index (χ0n) is 4.30. The van der Waals surface area contributed by atoms with E-state index in [1.807, 2.05) is 14.1 Å². The summed E-state index contributed by atoms with van der Waals surface area (Å²) in [5.74, 6) is 0. The van der Waals surface area contributed by atoms with Crippen LogP contribution in [0.4, 0.5) is 0 Å². The Hall–Kier alpha value is 1.03. The van der Waals surface area contributed by atoms with E-state index in [1.54, 1.807) is 4.90 Å². The van der Waals surface area contributed by atoms with Gasteiger partial charge in [-0.25, -0.2) is 0 Å². The summed E-state index contributed by atoms with van der Waals surface area (Å²) in [7, 11) is 3.71. The molecule has 0 saturated carbocycles. The van der Waals surface area contributed by atoms with Crippen molar-refractivity contribution in [3.05, 3.63) is 0 Å². The molecule has 0 radical (unpaired) electrons. The number of thiocarbonyl (C=S) groups is 1. The van der Waals surface area contributed by atoms with Crippen LogP contribution >= 0.6 is 24.8 Å². The van der Waals surface area contributed by atoms with Crippen LogP contribution in [0, 0.1) is 0 Å². The molecule has 0 aromatic carbocycles. The summed E-state index contributed by atoms with van der Waals surface area (Å²) < 4.78 is 0.620. The van der Waals surface area contributed by atoms with Gasteiger partial charge in [0.2, 0.25) is 0 Å². The average Bonchev–Trinajstić information content (AvgIpc) is 1.36. The van der Waals surface area contributed by atoms with Gasteiger partial charge >= 0.3 is 23.7 Å². The predicted molar refractivity (Wildman–Crippen MR) is 43.8 cm³/mol. The summed E-state index contributed by atoms with van der Waals surface area (Å²) >= 11 is 8.46. The number of thiol groups is 1. The van der Waals surface area contributed by atoms with Gasteiger partial charge in [-0.3, -0.25) is 0 Å². The quantitative estimate of drug-likeness (QED) is 0.362. The van der Waals surface area contributed by atoms with Gasteiger partial charge in [-0.05, 0) is 0 Å². The Balaban J connectivity index is 0. The number of nitrogens with zero attached hydrogens (tertiary/aromatic N) is 1. The van der Waals surface area contributed by atoms with Crippen molar-refractivity contribution in [3.63, 3.8) is 0 Å². The second-order valence-corrected chi connectivity index (χ2v) is 2.29. The molecule has 0 unspecified atom stereocenters. The molecule has 44 valence electrons. The average molecular weight is 251 g/mol. The first-order valence-corrected chi connectivity index (χ1v) is 2.40. The van der Waals surface area contributed by atoms with Gasteiger partial charge in [-0.2, -0.15) is 0 Å². The fourth-order valence-electron chi connectivity index (χ4n) is 0. The van der Waals surface area contributed by atoms with E-state index in [2.05, 4.69) is 24.8 Å². The molecule has 0 aliphatic carbocycles. The molecule has 0 saturated heterocycles. The zero-order valence-corrected chi connectivity index (χ0v) is 8.87. The predicted octanol–water partition coefficient (Wildman–Crippen LogP) is -0.154. The molecule has 1 nitrogen and oxygen atoms in total. The minimum atomic E-state index is 0. The molecule has 0 spiro atoms. The monoisotopic (exact) mass is 253 g/mol. The van der Waals surface area contributed by atoms with E-state index in [0.29, 0.717) is 4.32 Å². The minimum absolute atomic E-state index is 0. The van der Waals surface area contributed by atoms with Crippen LogP contribution in [0.25, 0.3) is 0 Å². The van der Waals surface area contributed by atoms with Crippen LogP contribution in [-0.2, 0) is 0 Å². The van der Waals surface area contributed by atoms with Crippen LogP contribution in [0.3, 0.4) is 0 Å². The Morgan fingerprint density at radius 1 is 1.57 bits per heavy atom. The first-order valence-electron chi connectivity index (χ1n) is 1.55. The van der Waals surface area contributed by atoms with Crippen LogP contribution in [-0.4, -0.2) is 47.0 Å². The first kappa shape index (κ1) is 10.9. The van der Waals surface area contributed by atoms with Crippen molar-refractivity contribution in [1.29, 1.82) is 0 Å². The van der Waals surface area contributed by atoms with Crippen molar-refractivity contribution in [2.75, 3.05) is 14.1 Å². The molecule has 0 aromatic heterocycles. The van der Waals surface area contributed by atoms with Gasteiger partial charge in [0.05, 0.1) is 0 Å². The van der Waals surface area contributed by atoms with Crippen LogP contribution < -0.4 is 0 Å². The number of hydrogen-bond acceptors (Lipinski definition) is 1. The third kappa shape index (κ3) is 7.03. The van der Waals surface area contributed by atoms with Crippen molar-refractivity contribution in [2.45, 2.75) is 0 Å². The number of rotatable bonds is 0. The molecule has 0 atom stereocenters. The van der Waals surface area contributed by atoms with Gasteiger partial charge in [0.15, 0.2) is 0 Å². The fourth-order valence-corrected chi connectivity index (χ4v) is 0. The van der Waals surface area contributed by atoms with Gasteiger partial charge < -0.3 is 4.90 Å². The summed E-state index contributed by atoms with van der Waals surface area (Å²) in [6, 6.07) is 0. The molecule has 0 bridgehead atoms. The van der Waals surface area contributed by atoms with Crippen molar-refractivity contribution >= 4 is 52.8 Å². The molecule has 0 aliphatic rings. The molecule has 0 rings (SSSR count). The van der Waals surface area contributed by atoms with Crippen LogP contribution in [0.2, 0.25) is 0 Å². The van der Waals surface area contributed by atoms with E-state index >= 15 is 0 Å². The van der Waals surface area contributed by atoms with Gasteiger partial charge in [-0.1, -0.05) is 12.2 Å². The third-order valence-electron chi connectivity index (χ3n) is 0.383. The van der Waals surface area contributed by atoms with Crippen molar-refractivity contribution in [1.82, 2.24) is 4.90 Å². The standard InChI is InChI=1S/C3H7NS2.H2Te/c1-4(2)3(5)6;/h1-2H3,(H,5,6);1H2. The van der Waals surface area contributed by atoms with E-state index in [-0.39, 0.29) is 23.7 Å². The van der Waals surface area contributed by atoms with Crippen molar-refractivity contribution in [2.24, 2.45) is 0 Å². The molecular weight excluding hydrogens is 242 g/mol. The second kappa shape index (κ2) is 5.17. The Bertz CT molecular complexity index is 64.0. The Morgan fingerprint density at radius 2 is 1.71 bits per heavy atom. The summed E-state index contributed by atoms with van der Waals surface area (Å²) in [5, 5.41) is 0. The van der Waals surface area contributed by atoms with Gasteiger partial charge in [0.25, 0.3) is 0 Å². The normalized spacial score (nSPS) is 6.71. The Morgan fingerprint density at radius 3 is 1.71 bits per heavy atom. The van der Waals surface area contributed by atoms with Crippen molar-refractivity contribution < 1.29 is 0 Å². The molecule has 0 amide bonds. The molecule has 7 heavy (non-hydrogen) atoms. The SMILES string of the molecule is CN(C)C(=S)S.[TeH2]. The first-order chi connectivity index (χ1) is 2.64. The number of hydrogen-bond donors (Lipinski definition) is 1. The van der Waals surface area contributed by atoms with Gasteiger partial charge in [0, 0.05) is 14.1 Å². The van der Waals surface area contributed by atoms with Gasteiger partial charge in [-0.15, -0.1) is 12.6 Å². The molecule has 4 heteroatoms. The van der Waals surface area contributed by atoms with Crippen LogP contribution in [0.15, 0.2) is 0 Å². The Kier molecular flexibility index (Phi) is 8.06. The van der Waals surface area contributed by atoms with E-state index < -0.39 is 0 Å². The summed E-state index contributed by atoms with van der Waals surface area (Å²) in [4.78, 5) is 1.76. The van der Waals surface area contributed by atoms with Gasteiger partial charge in [0.1, 0.15) is 4.32 Å². The molecule has 0 aliphatic heterocycles. The summed E-state index contributed by atoms with van der Waals surface area (Å²) in [5.41, 5.74) is 0. The fraction of sp³-hybridized carbons (Fsp3) is 0.667. The second-order valence-electron chi connectivity index (χ2n) is 1.18. The maximum atomic E-state index is 4.61.